The van der Waals surface area contributed by atoms with Crippen LogP contribution >= 0.6 is 0 Å². The van der Waals surface area contributed by atoms with Crippen molar-refractivity contribution >= 4 is 45.8 Å². The van der Waals surface area contributed by atoms with Gasteiger partial charge in [0.15, 0.2) is 23.2 Å². The highest BCUT2D eigenvalue weighted by Gasteiger charge is 2.61. The highest BCUT2D eigenvalue weighted by Crippen LogP contribution is 2.47. The van der Waals surface area contributed by atoms with Gasteiger partial charge in [0.1, 0.15) is 18.5 Å². The Morgan fingerprint density at radius 1 is 0.929 bits per heavy atom. The van der Waals surface area contributed by atoms with Crippen LogP contribution < -0.4 is 5.32 Å². The molecule has 5 rings (SSSR count). The smallest absolute Gasteiger partial charge is 0.335 e. The maximum Gasteiger partial charge on any atom is 0.335 e. The van der Waals surface area contributed by atoms with E-state index in [-0.39, 0.29) is 46.3 Å². The summed E-state index contributed by atoms with van der Waals surface area (Å²) in [5, 5.41) is 2.81. The third kappa shape index (κ3) is 5.15. The molecule has 2 aliphatic heterocycles. The number of anilines is 1. The topological polar surface area (TPSA) is 127 Å². The number of imidazole rings is 1. The summed E-state index contributed by atoms with van der Waals surface area (Å²) in [6, 6.07) is 8.83. The van der Waals surface area contributed by atoms with E-state index in [4.69, 9.17) is 17.7 Å². The molecule has 2 saturated heterocycles. The molecular formula is C29H41N5O6Si2. The van der Waals surface area contributed by atoms with Crippen LogP contribution in [0.3, 0.4) is 0 Å². The zero-order chi connectivity index (χ0) is 30.4. The monoisotopic (exact) mass is 611 g/mol. The summed E-state index contributed by atoms with van der Waals surface area (Å²) >= 11 is 0. The first-order chi connectivity index (χ1) is 19.9. The van der Waals surface area contributed by atoms with Crippen LogP contribution in [0.5, 0.6) is 0 Å². The van der Waals surface area contributed by atoms with Gasteiger partial charge in [-0.1, -0.05) is 73.6 Å². The fraction of sp³-hybridized carbons (Fsp3) is 0.552. The van der Waals surface area contributed by atoms with Crippen molar-refractivity contribution < 1.29 is 27.3 Å². The van der Waals surface area contributed by atoms with Gasteiger partial charge in [-0.3, -0.25) is 14.2 Å². The number of aromatic nitrogens is 4. The lowest BCUT2D eigenvalue weighted by molar-refractivity contribution is -0.130. The zero-order valence-corrected chi connectivity index (χ0v) is 27.5. The Bertz CT molecular complexity index is 1430. The van der Waals surface area contributed by atoms with E-state index in [1.807, 2.05) is 6.07 Å². The summed E-state index contributed by atoms with van der Waals surface area (Å²) in [5.74, 6) is -0.316. The maximum absolute atomic E-state index is 14.1. The Kier molecular flexibility index (Phi) is 8.53. The zero-order valence-electron chi connectivity index (χ0n) is 25.5. The van der Waals surface area contributed by atoms with Crippen molar-refractivity contribution in [2.24, 2.45) is 0 Å². The molecule has 1 amide bonds. The molecule has 0 radical (unpaired) electrons. The van der Waals surface area contributed by atoms with Crippen molar-refractivity contribution in [2.75, 3.05) is 11.9 Å². The Morgan fingerprint density at radius 3 is 2.19 bits per heavy atom. The predicted molar refractivity (Wildman–Crippen MR) is 162 cm³/mol. The molecule has 2 aromatic heterocycles. The van der Waals surface area contributed by atoms with Crippen LogP contribution in [0.25, 0.3) is 11.2 Å². The van der Waals surface area contributed by atoms with Crippen molar-refractivity contribution in [3.05, 3.63) is 48.5 Å². The first-order valence-electron chi connectivity index (χ1n) is 14.7. The SMILES string of the molecule is CC(C)[Si]1(C(C)C)OC[C@H]2O[C@@H](n3cnc4c(NC(=O)c5ccccc5)ncnc43)C(=O)[C@@H]2O[Si](C(C)C)(C(C)C)O1. The van der Waals surface area contributed by atoms with E-state index in [1.54, 1.807) is 28.8 Å². The average molecular weight is 612 g/mol. The van der Waals surface area contributed by atoms with Gasteiger partial charge in [0, 0.05) is 5.56 Å². The van der Waals surface area contributed by atoms with Gasteiger partial charge in [-0.2, -0.15) is 0 Å². The number of carbonyl (C=O) groups excluding carboxylic acids is 2. The predicted octanol–water partition coefficient (Wildman–Crippen LogP) is 5.50. The number of ketones is 1. The summed E-state index contributed by atoms with van der Waals surface area (Å²) in [6.45, 7) is 17.3. The fourth-order valence-corrected chi connectivity index (χ4v) is 17.3. The van der Waals surface area contributed by atoms with Crippen molar-refractivity contribution in [3.63, 3.8) is 0 Å². The molecule has 2 fully saturated rings. The van der Waals surface area contributed by atoms with E-state index in [0.29, 0.717) is 16.7 Å². The number of hydrogen-bond acceptors (Lipinski definition) is 9. The molecule has 0 spiro atoms. The van der Waals surface area contributed by atoms with E-state index >= 15 is 0 Å². The number of nitrogens with one attached hydrogen (secondary N) is 1. The lowest BCUT2D eigenvalue weighted by atomic mass is 10.1. The molecule has 42 heavy (non-hydrogen) atoms. The fourth-order valence-electron chi connectivity index (χ4n) is 6.10. The number of Topliss-reactive ketones (excluding diaryl/α,β-unsaturated/α-hetero) is 1. The van der Waals surface area contributed by atoms with Crippen LogP contribution in [0.1, 0.15) is 72.0 Å². The minimum atomic E-state index is -3.00. The number of nitrogens with zero attached hydrogens (tertiary/aromatic N) is 4. The second kappa shape index (κ2) is 11.7. The first-order valence-corrected chi connectivity index (χ1v) is 18.6. The van der Waals surface area contributed by atoms with Gasteiger partial charge in [-0.15, -0.1) is 0 Å². The van der Waals surface area contributed by atoms with E-state index in [2.05, 4.69) is 75.7 Å². The Hall–Kier alpha value is -2.82. The molecule has 13 heteroatoms. The van der Waals surface area contributed by atoms with Crippen molar-refractivity contribution in [2.45, 2.75) is 96.0 Å². The van der Waals surface area contributed by atoms with Gasteiger partial charge in [-0.25, -0.2) is 15.0 Å². The van der Waals surface area contributed by atoms with E-state index in [0.717, 1.165) is 0 Å². The first kappa shape index (κ1) is 30.6. The molecule has 0 aliphatic carbocycles. The molecule has 3 atom stereocenters. The minimum Gasteiger partial charge on any atom is -0.414 e. The highest BCUT2D eigenvalue weighted by atomic mass is 28.5. The van der Waals surface area contributed by atoms with Crippen LogP contribution in [-0.2, 0) is 22.5 Å². The number of hydrogen-bond donors (Lipinski definition) is 1. The molecule has 0 saturated carbocycles. The molecule has 3 aromatic rings. The lowest BCUT2D eigenvalue weighted by Gasteiger charge is -2.50. The van der Waals surface area contributed by atoms with Gasteiger partial charge in [0.05, 0.1) is 12.9 Å². The third-order valence-corrected chi connectivity index (χ3v) is 18.6. The number of fused-ring (bicyclic) bond motifs is 2. The lowest BCUT2D eigenvalue weighted by Crippen LogP contribution is -2.65. The number of ether oxygens (including phenoxy) is 1. The minimum absolute atomic E-state index is 0.0775. The standard InChI is InChI=1S/C29H41N5O6Si2/c1-17(2)41(18(3)4)37-14-22-25(39-42(40-41,19(5)6)20(7)8)24(35)29(38-22)34-16-32-23-26(30-15-31-27(23)34)33-28(36)21-12-10-9-11-13-21/h9-13,15-20,22,25,29H,14H2,1-8H3,(H,30,31,33,36)/t22-,25-,29-/m1/s1. The Morgan fingerprint density at radius 2 is 1.57 bits per heavy atom. The number of benzene rings is 1. The van der Waals surface area contributed by atoms with Crippen LogP contribution in [-0.4, -0.2) is 67.1 Å². The van der Waals surface area contributed by atoms with Gasteiger partial charge in [0.25, 0.3) is 5.91 Å². The summed E-state index contributed by atoms with van der Waals surface area (Å²) in [4.78, 5) is 40.0. The summed E-state index contributed by atoms with van der Waals surface area (Å²) in [6.07, 6.45) is 0.330. The van der Waals surface area contributed by atoms with Crippen molar-refractivity contribution in [3.8, 4) is 0 Å². The molecule has 11 nitrogen and oxygen atoms in total. The van der Waals surface area contributed by atoms with E-state index in [1.165, 1.54) is 12.7 Å². The number of rotatable bonds is 7. The number of carbonyl (C=O) groups is 2. The Balaban J connectivity index is 1.50. The molecule has 1 aromatic carbocycles. The van der Waals surface area contributed by atoms with E-state index < -0.39 is 35.6 Å². The normalized spacial score (nSPS) is 23.9. The van der Waals surface area contributed by atoms with Gasteiger partial charge < -0.3 is 23.0 Å². The second-order valence-electron chi connectivity index (χ2n) is 12.3. The summed E-state index contributed by atoms with van der Waals surface area (Å²) < 4.78 is 28.9. The molecule has 2 aliphatic rings. The van der Waals surface area contributed by atoms with Gasteiger partial charge in [0.2, 0.25) is 5.78 Å². The van der Waals surface area contributed by atoms with E-state index in [9.17, 15) is 9.59 Å². The maximum atomic E-state index is 14.1. The highest BCUT2D eigenvalue weighted by molar-refractivity contribution is 6.84. The van der Waals surface area contributed by atoms with Crippen LogP contribution in [0, 0.1) is 0 Å². The molecule has 4 heterocycles. The van der Waals surface area contributed by atoms with Crippen LogP contribution in [0.2, 0.25) is 22.2 Å². The largest absolute Gasteiger partial charge is 0.414 e. The molecule has 0 bridgehead atoms. The number of amides is 1. The molecule has 226 valence electrons. The average Bonchev–Trinajstić information content (AvgIpc) is 3.49. The third-order valence-electron chi connectivity index (χ3n) is 8.37. The van der Waals surface area contributed by atoms with Gasteiger partial charge >= 0.3 is 17.1 Å². The second-order valence-corrected chi connectivity index (χ2v) is 21.2. The van der Waals surface area contributed by atoms with Crippen molar-refractivity contribution in [1.82, 2.24) is 19.5 Å². The van der Waals surface area contributed by atoms with Crippen LogP contribution in [0.4, 0.5) is 5.82 Å². The molecular weight excluding hydrogens is 571 g/mol. The Labute approximate surface area is 248 Å². The summed E-state index contributed by atoms with van der Waals surface area (Å²) in [5.41, 5.74) is 1.70. The van der Waals surface area contributed by atoms with Crippen LogP contribution in [0.15, 0.2) is 43.0 Å². The summed E-state index contributed by atoms with van der Waals surface area (Å²) in [7, 11) is -5.78. The molecule has 1 N–H and O–H groups in total. The quantitative estimate of drug-likeness (QED) is 0.345. The molecule has 0 unspecified atom stereocenters. The van der Waals surface area contributed by atoms with Crippen molar-refractivity contribution in [1.29, 1.82) is 0 Å². The van der Waals surface area contributed by atoms with Gasteiger partial charge in [-0.05, 0) is 34.3 Å².